The van der Waals surface area contributed by atoms with E-state index in [4.69, 9.17) is 4.74 Å². The van der Waals surface area contributed by atoms with Crippen LogP contribution in [-0.4, -0.2) is 29.2 Å². The van der Waals surface area contributed by atoms with Crippen molar-refractivity contribution >= 4 is 23.0 Å². The zero-order valence-corrected chi connectivity index (χ0v) is 15.7. The number of rotatable bonds is 5. The number of amides is 1. The van der Waals surface area contributed by atoms with E-state index in [0.717, 1.165) is 27.8 Å². The topological polar surface area (TPSA) is 76.5 Å². The van der Waals surface area contributed by atoms with Gasteiger partial charge in [-0.25, -0.2) is 10.4 Å². The number of carbonyl (C=O) groups is 1. The van der Waals surface area contributed by atoms with E-state index in [1.807, 2.05) is 60.7 Å². The van der Waals surface area contributed by atoms with Crippen molar-refractivity contribution in [1.82, 2.24) is 15.4 Å². The zero-order chi connectivity index (χ0) is 20.1. The van der Waals surface area contributed by atoms with Crippen LogP contribution in [0, 0.1) is 0 Å². The van der Waals surface area contributed by atoms with E-state index in [1.165, 1.54) is 0 Å². The molecule has 0 aliphatic carbocycles. The lowest BCUT2D eigenvalue weighted by atomic mass is 10.0. The third-order valence-corrected chi connectivity index (χ3v) is 4.41. The van der Waals surface area contributed by atoms with E-state index >= 15 is 0 Å². The number of hydrazone groups is 1. The Morgan fingerprint density at radius 3 is 2.66 bits per heavy atom. The molecule has 4 rings (SSSR count). The molecule has 29 heavy (non-hydrogen) atoms. The smallest absolute Gasteiger partial charge is 0.272 e. The van der Waals surface area contributed by atoms with Crippen LogP contribution in [0.15, 0.2) is 84.2 Å². The Morgan fingerprint density at radius 1 is 1.07 bits per heavy atom. The van der Waals surface area contributed by atoms with E-state index < -0.39 is 0 Å². The van der Waals surface area contributed by atoms with Crippen molar-refractivity contribution in [2.24, 2.45) is 5.10 Å². The summed E-state index contributed by atoms with van der Waals surface area (Å²) in [4.78, 5) is 21.6. The Morgan fingerprint density at radius 2 is 1.90 bits per heavy atom. The minimum atomic E-state index is -0.307. The molecule has 1 amide bonds. The molecular weight excluding hydrogens is 364 g/mol. The molecule has 0 unspecified atom stereocenters. The highest BCUT2D eigenvalue weighted by Gasteiger charge is 2.13. The Balaban J connectivity index is 1.63. The summed E-state index contributed by atoms with van der Waals surface area (Å²) in [6, 6.07) is 20.4. The van der Waals surface area contributed by atoms with Gasteiger partial charge in [-0.1, -0.05) is 18.2 Å². The van der Waals surface area contributed by atoms with Crippen molar-refractivity contribution in [1.29, 1.82) is 0 Å². The van der Waals surface area contributed by atoms with Crippen molar-refractivity contribution in [2.75, 3.05) is 7.11 Å². The SMILES string of the molecule is COc1ccc(/C=N\NC(=O)c2cc(-c3cccnc3)nc3ccccc23)cc1. The van der Waals surface area contributed by atoms with Crippen LogP contribution in [0.1, 0.15) is 15.9 Å². The maximum atomic E-state index is 12.8. The number of fused-ring (bicyclic) bond motifs is 1. The molecule has 0 bridgehead atoms. The quantitative estimate of drug-likeness (QED) is 0.417. The van der Waals surface area contributed by atoms with E-state index in [1.54, 1.807) is 31.8 Å². The Kier molecular flexibility index (Phi) is 5.25. The summed E-state index contributed by atoms with van der Waals surface area (Å²) >= 11 is 0. The van der Waals surface area contributed by atoms with Crippen LogP contribution in [0.3, 0.4) is 0 Å². The first-order valence-electron chi connectivity index (χ1n) is 9.02. The highest BCUT2D eigenvalue weighted by molar-refractivity contribution is 6.07. The van der Waals surface area contributed by atoms with E-state index in [0.29, 0.717) is 11.3 Å². The number of pyridine rings is 2. The number of hydrogen-bond acceptors (Lipinski definition) is 5. The van der Waals surface area contributed by atoms with Gasteiger partial charge in [-0.05, 0) is 54.1 Å². The number of ether oxygens (including phenoxy) is 1. The average Bonchev–Trinajstić information content (AvgIpc) is 2.79. The molecule has 0 aliphatic rings. The van der Waals surface area contributed by atoms with Gasteiger partial charge in [0.15, 0.2) is 0 Å². The van der Waals surface area contributed by atoms with Gasteiger partial charge < -0.3 is 4.74 Å². The summed E-state index contributed by atoms with van der Waals surface area (Å²) in [5.41, 5.74) is 6.21. The first-order valence-corrected chi connectivity index (χ1v) is 9.02. The lowest BCUT2D eigenvalue weighted by Gasteiger charge is -2.08. The fraction of sp³-hybridized carbons (Fsp3) is 0.0435. The number of methoxy groups -OCH3 is 1. The first-order chi connectivity index (χ1) is 14.2. The normalized spacial score (nSPS) is 10.9. The predicted octanol–water partition coefficient (Wildman–Crippen LogP) is 4.07. The van der Waals surface area contributed by atoms with E-state index in [-0.39, 0.29) is 5.91 Å². The minimum absolute atomic E-state index is 0.307. The van der Waals surface area contributed by atoms with Gasteiger partial charge in [-0.3, -0.25) is 9.78 Å². The number of benzene rings is 2. The van der Waals surface area contributed by atoms with Gasteiger partial charge in [0.05, 0.1) is 30.1 Å². The predicted molar refractivity (Wildman–Crippen MR) is 113 cm³/mol. The third-order valence-electron chi connectivity index (χ3n) is 4.41. The Labute approximate surface area is 167 Å². The molecular formula is C23H18N4O2. The summed E-state index contributed by atoms with van der Waals surface area (Å²) in [6.07, 6.45) is 5.01. The van der Waals surface area contributed by atoms with Crippen molar-refractivity contribution in [2.45, 2.75) is 0 Å². The second kappa shape index (κ2) is 8.31. The van der Waals surface area contributed by atoms with Crippen LogP contribution >= 0.6 is 0 Å². The molecule has 0 spiro atoms. The number of carbonyl (C=O) groups excluding carboxylic acids is 1. The van der Waals surface area contributed by atoms with Crippen LogP contribution in [0.4, 0.5) is 0 Å². The fourth-order valence-corrected chi connectivity index (χ4v) is 2.94. The summed E-state index contributed by atoms with van der Waals surface area (Å²) in [6.45, 7) is 0. The second-order valence-corrected chi connectivity index (χ2v) is 6.29. The lowest BCUT2D eigenvalue weighted by molar-refractivity contribution is 0.0956. The molecule has 1 N–H and O–H groups in total. The Bertz CT molecular complexity index is 1170. The number of nitrogens with one attached hydrogen (secondary N) is 1. The number of hydrogen-bond donors (Lipinski definition) is 1. The summed E-state index contributed by atoms with van der Waals surface area (Å²) in [7, 11) is 1.61. The maximum absolute atomic E-state index is 12.8. The molecule has 0 atom stereocenters. The monoisotopic (exact) mass is 382 g/mol. The van der Waals surface area contributed by atoms with Crippen LogP contribution in [0.5, 0.6) is 5.75 Å². The highest BCUT2D eigenvalue weighted by atomic mass is 16.5. The molecule has 2 aromatic heterocycles. The third kappa shape index (κ3) is 4.11. The Hall–Kier alpha value is -4.06. The van der Waals surface area contributed by atoms with Crippen molar-refractivity contribution < 1.29 is 9.53 Å². The van der Waals surface area contributed by atoms with Gasteiger partial charge in [-0.2, -0.15) is 5.10 Å². The van der Waals surface area contributed by atoms with Gasteiger partial charge in [0, 0.05) is 23.3 Å². The van der Waals surface area contributed by atoms with Gasteiger partial charge in [0.1, 0.15) is 5.75 Å². The second-order valence-electron chi connectivity index (χ2n) is 6.29. The molecule has 2 aromatic carbocycles. The molecule has 0 radical (unpaired) electrons. The highest BCUT2D eigenvalue weighted by Crippen LogP contribution is 2.24. The van der Waals surface area contributed by atoms with Gasteiger partial charge in [-0.15, -0.1) is 0 Å². The lowest BCUT2D eigenvalue weighted by Crippen LogP contribution is -2.18. The van der Waals surface area contributed by atoms with Gasteiger partial charge in [0.25, 0.3) is 5.91 Å². The molecule has 0 saturated heterocycles. The molecule has 0 aliphatic heterocycles. The molecule has 6 heteroatoms. The number of para-hydroxylation sites is 1. The number of nitrogens with zero attached hydrogens (tertiary/aromatic N) is 3. The van der Waals surface area contributed by atoms with Crippen LogP contribution in [0.2, 0.25) is 0 Å². The fourth-order valence-electron chi connectivity index (χ4n) is 2.94. The van der Waals surface area contributed by atoms with Crippen LogP contribution in [0.25, 0.3) is 22.2 Å². The van der Waals surface area contributed by atoms with E-state index in [2.05, 4.69) is 20.5 Å². The largest absolute Gasteiger partial charge is 0.497 e. The molecule has 6 nitrogen and oxygen atoms in total. The van der Waals surface area contributed by atoms with Crippen molar-refractivity contribution in [3.63, 3.8) is 0 Å². The molecule has 0 fully saturated rings. The zero-order valence-electron chi connectivity index (χ0n) is 15.7. The standard InChI is InChI=1S/C23H18N4O2/c1-29-18-10-8-16(9-11-18)14-25-27-23(28)20-13-22(17-5-4-12-24-15-17)26-21-7-3-2-6-19(20)21/h2-15H,1H3,(H,27,28)/b25-14-. The molecule has 4 aromatic rings. The first kappa shape index (κ1) is 18.3. The van der Waals surface area contributed by atoms with E-state index in [9.17, 15) is 4.79 Å². The van der Waals surface area contributed by atoms with Crippen LogP contribution < -0.4 is 10.2 Å². The van der Waals surface area contributed by atoms with Crippen molar-refractivity contribution in [3.05, 3.63) is 90.3 Å². The minimum Gasteiger partial charge on any atom is -0.497 e. The molecule has 142 valence electrons. The maximum Gasteiger partial charge on any atom is 0.272 e. The van der Waals surface area contributed by atoms with Gasteiger partial charge in [0.2, 0.25) is 0 Å². The summed E-state index contributed by atoms with van der Waals surface area (Å²) < 4.78 is 5.13. The van der Waals surface area contributed by atoms with Crippen LogP contribution in [-0.2, 0) is 0 Å². The molecule has 2 heterocycles. The average molecular weight is 382 g/mol. The number of aromatic nitrogens is 2. The van der Waals surface area contributed by atoms with Crippen molar-refractivity contribution in [3.8, 4) is 17.0 Å². The summed E-state index contributed by atoms with van der Waals surface area (Å²) in [5.74, 6) is 0.455. The molecule has 0 saturated carbocycles. The van der Waals surface area contributed by atoms with Gasteiger partial charge >= 0.3 is 0 Å². The summed E-state index contributed by atoms with van der Waals surface area (Å²) in [5, 5.41) is 4.85.